The highest BCUT2D eigenvalue weighted by Crippen LogP contribution is 2.33. The average molecular weight is 241 g/mol. The van der Waals surface area contributed by atoms with Crippen LogP contribution in [0, 0.1) is 5.92 Å². The first-order chi connectivity index (χ1) is 8.15. The van der Waals surface area contributed by atoms with Crippen molar-refractivity contribution in [3.8, 4) is 0 Å². The van der Waals surface area contributed by atoms with E-state index in [0.29, 0.717) is 25.4 Å². The summed E-state index contributed by atoms with van der Waals surface area (Å²) in [4.78, 5) is 24.1. The van der Waals surface area contributed by atoms with Crippen LogP contribution in [0.25, 0.3) is 0 Å². The lowest BCUT2D eigenvalue weighted by Gasteiger charge is -2.31. The number of nitrogens with zero attached hydrogens (tertiary/aromatic N) is 1. The van der Waals surface area contributed by atoms with E-state index in [1.54, 1.807) is 0 Å². The predicted molar refractivity (Wildman–Crippen MR) is 60.5 cm³/mol. The Morgan fingerprint density at radius 3 is 2.35 bits per heavy atom. The topological polar surface area (TPSA) is 66.8 Å². The van der Waals surface area contributed by atoms with E-state index < -0.39 is 5.97 Å². The smallest absolute Gasteiger partial charge is 0.329 e. The van der Waals surface area contributed by atoms with E-state index in [9.17, 15) is 9.59 Å². The molecule has 1 saturated carbocycles. The van der Waals surface area contributed by atoms with Gasteiger partial charge in [0.15, 0.2) is 0 Å². The van der Waals surface area contributed by atoms with Gasteiger partial charge in [-0.15, -0.1) is 0 Å². The Kier molecular flexibility index (Phi) is 3.99. The van der Waals surface area contributed by atoms with Crippen LogP contribution in [-0.2, 0) is 14.3 Å². The zero-order chi connectivity index (χ0) is 12.3. The maximum atomic E-state index is 11.8. The number of piperidine rings is 1. The monoisotopic (exact) mass is 241 g/mol. The molecular weight excluding hydrogens is 222 g/mol. The lowest BCUT2D eigenvalue weighted by atomic mass is 10.1. The second-order valence-corrected chi connectivity index (χ2v) is 4.93. The van der Waals surface area contributed by atoms with Crippen molar-refractivity contribution < 1.29 is 19.4 Å². The fraction of sp³-hybridized carbons (Fsp3) is 0.833. The number of likely N-dealkylation sites (tertiary alicyclic amines) is 1. The van der Waals surface area contributed by atoms with Crippen molar-refractivity contribution in [1.29, 1.82) is 0 Å². The molecule has 2 rings (SSSR count). The van der Waals surface area contributed by atoms with E-state index >= 15 is 0 Å². The first-order valence-electron chi connectivity index (χ1n) is 6.26. The van der Waals surface area contributed by atoms with Crippen molar-refractivity contribution in [2.45, 2.75) is 38.2 Å². The maximum Gasteiger partial charge on any atom is 0.329 e. The van der Waals surface area contributed by atoms with Crippen LogP contribution in [0.1, 0.15) is 32.1 Å². The zero-order valence-corrected chi connectivity index (χ0v) is 9.93. The molecule has 1 N–H and O–H groups in total. The molecule has 1 amide bonds. The molecule has 0 spiro atoms. The molecule has 96 valence electrons. The number of carboxylic acid groups (broad SMARTS) is 1. The Labute approximate surface area is 101 Å². The molecule has 1 saturated heterocycles. The van der Waals surface area contributed by atoms with E-state index in [-0.39, 0.29) is 18.6 Å². The van der Waals surface area contributed by atoms with Crippen LogP contribution >= 0.6 is 0 Å². The number of rotatable bonds is 5. The summed E-state index contributed by atoms with van der Waals surface area (Å²) in [5.41, 5.74) is 0. The van der Waals surface area contributed by atoms with Gasteiger partial charge in [-0.3, -0.25) is 4.79 Å². The van der Waals surface area contributed by atoms with E-state index in [1.165, 1.54) is 12.8 Å². The minimum atomic E-state index is -0.933. The second kappa shape index (κ2) is 5.49. The fourth-order valence-electron chi connectivity index (χ4n) is 2.16. The molecule has 0 aromatic heterocycles. The minimum Gasteiger partial charge on any atom is -0.480 e. The highest BCUT2D eigenvalue weighted by molar-refractivity contribution is 5.76. The van der Waals surface area contributed by atoms with Crippen molar-refractivity contribution in [2.24, 2.45) is 5.92 Å². The SMILES string of the molecule is O=C(O)COC1CCN(C(=O)CC2CC2)CC1. The van der Waals surface area contributed by atoms with Gasteiger partial charge in [0.2, 0.25) is 5.91 Å². The second-order valence-electron chi connectivity index (χ2n) is 4.93. The summed E-state index contributed by atoms with van der Waals surface area (Å²) >= 11 is 0. The van der Waals surface area contributed by atoms with Gasteiger partial charge in [0.05, 0.1) is 6.10 Å². The fourth-order valence-corrected chi connectivity index (χ4v) is 2.16. The minimum absolute atomic E-state index is 0.00363. The van der Waals surface area contributed by atoms with Crippen LogP contribution < -0.4 is 0 Å². The molecule has 5 heteroatoms. The Bertz CT molecular complexity index is 293. The van der Waals surface area contributed by atoms with Gasteiger partial charge in [-0.25, -0.2) is 4.79 Å². The zero-order valence-electron chi connectivity index (χ0n) is 9.93. The van der Waals surface area contributed by atoms with Crippen LogP contribution in [0.2, 0.25) is 0 Å². The highest BCUT2D eigenvalue weighted by Gasteiger charge is 2.29. The number of amides is 1. The Morgan fingerprint density at radius 2 is 1.82 bits per heavy atom. The number of carbonyl (C=O) groups excluding carboxylic acids is 1. The van der Waals surface area contributed by atoms with E-state index in [4.69, 9.17) is 9.84 Å². The van der Waals surface area contributed by atoms with Gasteiger partial charge in [0.1, 0.15) is 6.61 Å². The van der Waals surface area contributed by atoms with E-state index in [1.807, 2.05) is 4.90 Å². The van der Waals surface area contributed by atoms with E-state index in [0.717, 1.165) is 12.8 Å². The maximum absolute atomic E-state index is 11.8. The van der Waals surface area contributed by atoms with Crippen LogP contribution in [0.3, 0.4) is 0 Å². The van der Waals surface area contributed by atoms with Crippen LogP contribution in [0.15, 0.2) is 0 Å². The molecule has 2 aliphatic rings. The van der Waals surface area contributed by atoms with Crippen molar-refractivity contribution in [3.63, 3.8) is 0 Å². The van der Waals surface area contributed by atoms with Gasteiger partial charge < -0.3 is 14.7 Å². The lowest BCUT2D eigenvalue weighted by molar-refractivity contribution is -0.147. The molecular formula is C12H19NO4. The molecule has 0 unspecified atom stereocenters. The van der Waals surface area contributed by atoms with Crippen molar-refractivity contribution in [3.05, 3.63) is 0 Å². The molecule has 0 bridgehead atoms. The normalized spacial score (nSPS) is 21.5. The molecule has 0 aromatic carbocycles. The van der Waals surface area contributed by atoms with Gasteiger partial charge in [-0.1, -0.05) is 0 Å². The van der Waals surface area contributed by atoms with Crippen LogP contribution in [-0.4, -0.2) is 47.7 Å². The number of hydrogen-bond acceptors (Lipinski definition) is 3. The summed E-state index contributed by atoms with van der Waals surface area (Å²) < 4.78 is 5.23. The highest BCUT2D eigenvalue weighted by atomic mass is 16.5. The van der Waals surface area contributed by atoms with Crippen LogP contribution in [0.4, 0.5) is 0 Å². The summed E-state index contributed by atoms with van der Waals surface area (Å²) in [5.74, 6) is -0.0510. The lowest BCUT2D eigenvalue weighted by Crippen LogP contribution is -2.41. The van der Waals surface area contributed by atoms with Crippen molar-refractivity contribution in [2.75, 3.05) is 19.7 Å². The molecule has 5 nitrogen and oxygen atoms in total. The first kappa shape index (κ1) is 12.4. The quantitative estimate of drug-likeness (QED) is 0.776. The van der Waals surface area contributed by atoms with Gasteiger partial charge in [-0.2, -0.15) is 0 Å². The number of carboxylic acids is 1. The molecule has 0 atom stereocenters. The largest absolute Gasteiger partial charge is 0.480 e. The summed E-state index contributed by atoms with van der Waals surface area (Å²) in [6.45, 7) is 1.17. The van der Waals surface area contributed by atoms with Gasteiger partial charge in [0, 0.05) is 19.5 Å². The molecule has 2 fully saturated rings. The Hall–Kier alpha value is -1.10. The Balaban J connectivity index is 1.66. The number of carbonyl (C=O) groups is 2. The number of ether oxygens (including phenoxy) is 1. The third kappa shape index (κ3) is 4.00. The molecule has 0 radical (unpaired) electrons. The summed E-state index contributed by atoms with van der Waals surface area (Å²) in [6, 6.07) is 0. The third-order valence-corrected chi connectivity index (χ3v) is 3.40. The van der Waals surface area contributed by atoms with Crippen molar-refractivity contribution in [1.82, 2.24) is 4.90 Å². The van der Waals surface area contributed by atoms with Crippen LogP contribution in [0.5, 0.6) is 0 Å². The molecule has 17 heavy (non-hydrogen) atoms. The van der Waals surface area contributed by atoms with Gasteiger partial charge in [-0.05, 0) is 31.6 Å². The standard InChI is InChI=1S/C12H19NO4/c14-11(7-9-1-2-9)13-5-3-10(4-6-13)17-8-12(15)16/h9-10H,1-8H2,(H,15,16). The summed E-state index contributed by atoms with van der Waals surface area (Å²) in [7, 11) is 0. The average Bonchev–Trinajstić information content (AvgIpc) is 3.11. The summed E-state index contributed by atoms with van der Waals surface area (Å²) in [5, 5.41) is 8.50. The predicted octanol–water partition coefficient (Wildman–Crippen LogP) is 0.879. The molecule has 1 aliphatic heterocycles. The molecule has 0 aromatic rings. The Morgan fingerprint density at radius 1 is 1.18 bits per heavy atom. The van der Waals surface area contributed by atoms with Gasteiger partial charge in [0.25, 0.3) is 0 Å². The first-order valence-corrected chi connectivity index (χ1v) is 6.26. The van der Waals surface area contributed by atoms with E-state index in [2.05, 4.69) is 0 Å². The summed E-state index contributed by atoms with van der Waals surface area (Å²) in [6.07, 6.45) is 4.60. The van der Waals surface area contributed by atoms with Gasteiger partial charge >= 0.3 is 5.97 Å². The third-order valence-electron chi connectivity index (χ3n) is 3.40. The van der Waals surface area contributed by atoms with Crippen molar-refractivity contribution >= 4 is 11.9 Å². The molecule has 1 heterocycles. The number of aliphatic carboxylic acids is 1. The molecule has 1 aliphatic carbocycles. The number of hydrogen-bond donors (Lipinski definition) is 1.